The molecule has 0 aliphatic carbocycles. The Bertz CT molecular complexity index is 861. The highest BCUT2D eigenvalue weighted by Gasteiger charge is 2.14. The van der Waals surface area contributed by atoms with Gasteiger partial charge in [0.1, 0.15) is 22.8 Å². The fraction of sp³-hybridized carbons (Fsp3) is 0.267. The normalized spacial score (nSPS) is 10.9. The lowest BCUT2D eigenvalue weighted by molar-refractivity contribution is 0.102. The van der Waals surface area contributed by atoms with Crippen molar-refractivity contribution in [3.8, 4) is 11.4 Å². The van der Waals surface area contributed by atoms with E-state index in [0.717, 1.165) is 10.7 Å². The van der Waals surface area contributed by atoms with Crippen LogP contribution in [-0.4, -0.2) is 57.2 Å². The molecule has 3 rings (SSSR count). The van der Waals surface area contributed by atoms with Crippen LogP contribution in [0.3, 0.4) is 0 Å². The lowest BCUT2D eigenvalue weighted by atomic mass is 10.2. The van der Waals surface area contributed by atoms with E-state index < -0.39 is 0 Å². The van der Waals surface area contributed by atoms with Crippen molar-refractivity contribution in [2.45, 2.75) is 6.54 Å². The average Bonchev–Trinajstić information content (AvgIpc) is 3.26. The van der Waals surface area contributed by atoms with E-state index in [1.165, 1.54) is 29.5 Å². The van der Waals surface area contributed by atoms with Crippen molar-refractivity contribution in [3.05, 3.63) is 40.6 Å². The fourth-order valence-electron chi connectivity index (χ4n) is 2.15. The third-order valence-corrected chi connectivity index (χ3v) is 4.12. The molecule has 0 fully saturated rings. The molecule has 25 heavy (non-hydrogen) atoms. The maximum absolute atomic E-state index is 12.4. The lowest BCUT2D eigenvalue weighted by Gasteiger charge is -2.11. The van der Waals surface area contributed by atoms with Gasteiger partial charge in [0.15, 0.2) is 0 Å². The Balaban J connectivity index is 1.77. The number of hydrogen-bond acceptors (Lipinski definition) is 8. The van der Waals surface area contributed by atoms with Crippen molar-refractivity contribution < 1.29 is 9.53 Å². The summed E-state index contributed by atoms with van der Waals surface area (Å²) in [5.41, 5.74) is 1.65. The SMILES string of the molecule is COc1cc(-n2cnnn2)ccc1NC(=O)c1csc(CN(C)C)n1. The van der Waals surface area contributed by atoms with Gasteiger partial charge in [-0.15, -0.1) is 16.4 Å². The first kappa shape index (κ1) is 17.0. The van der Waals surface area contributed by atoms with Crippen molar-refractivity contribution in [2.75, 3.05) is 26.5 Å². The van der Waals surface area contributed by atoms with Gasteiger partial charge in [-0.05, 0) is 36.7 Å². The Morgan fingerprint density at radius 2 is 2.24 bits per heavy atom. The Morgan fingerprint density at radius 3 is 2.92 bits per heavy atom. The molecule has 0 bridgehead atoms. The minimum atomic E-state index is -0.283. The van der Waals surface area contributed by atoms with Crippen molar-refractivity contribution in [1.82, 2.24) is 30.1 Å². The van der Waals surface area contributed by atoms with Crippen LogP contribution in [0.25, 0.3) is 5.69 Å². The summed E-state index contributed by atoms with van der Waals surface area (Å²) >= 11 is 1.46. The first-order valence-corrected chi connectivity index (χ1v) is 8.26. The van der Waals surface area contributed by atoms with Crippen LogP contribution in [0.15, 0.2) is 29.9 Å². The Hall–Kier alpha value is -2.85. The second-order valence-electron chi connectivity index (χ2n) is 5.46. The van der Waals surface area contributed by atoms with Gasteiger partial charge in [-0.2, -0.15) is 0 Å². The van der Waals surface area contributed by atoms with E-state index in [4.69, 9.17) is 4.74 Å². The van der Waals surface area contributed by atoms with E-state index in [0.29, 0.717) is 23.7 Å². The van der Waals surface area contributed by atoms with Gasteiger partial charge in [0.2, 0.25) is 0 Å². The number of thiazole rings is 1. The number of anilines is 1. The highest BCUT2D eigenvalue weighted by atomic mass is 32.1. The summed E-state index contributed by atoms with van der Waals surface area (Å²) in [5.74, 6) is 0.222. The number of nitrogens with zero attached hydrogens (tertiary/aromatic N) is 6. The van der Waals surface area contributed by atoms with E-state index >= 15 is 0 Å². The molecule has 0 radical (unpaired) electrons. The summed E-state index contributed by atoms with van der Waals surface area (Å²) in [6.45, 7) is 0.696. The molecule has 1 aromatic carbocycles. The zero-order valence-corrected chi connectivity index (χ0v) is 14.8. The minimum absolute atomic E-state index is 0.283. The van der Waals surface area contributed by atoms with Crippen molar-refractivity contribution in [1.29, 1.82) is 0 Å². The van der Waals surface area contributed by atoms with Crippen LogP contribution in [0.4, 0.5) is 5.69 Å². The third-order valence-electron chi connectivity index (χ3n) is 3.28. The number of ether oxygens (including phenoxy) is 1. The first-order valence-electron chi connectivity index (χ1n) is 7.38. The van der Waals surface area contributed by atoms with Gasteiger partial charge >= 0.3 is 0 Å². The van der Waals surface area contributed by atoms with Gasteiger partial charge in [0.05, 0.1) is 18.5 Å². The van der Waals surface area contributed by atoms with Crippen LogP contribution < -0.4 is 10.1 Å². The van der Waals surface area contributed by atoms with E-state index in [9.17, 15) is 4.79 Å². The largest absolute Gasteiger partial charge is 0.494 e. The van der Waals surface area contributed by atoms with E-state index in [1.807, 2.05) is 19.0 Å². The molecule has 0 aliphatic heterocycles. The van der Waals surface area contributed by atoms with Gasteiger partial charge in [-0.25, -0.2) is 9.67 Å². The molecule has 10 heteroatoms. The van der Waals surface area contributed by atoms with Crippen LogP contribution in [0.1, 0.15) is 15.5 Å². The van der Waals surface area contributed by atoms with Crippen LogP contribution in [0, 0.1) is 0 Å². The quantitative estimate of drug-likeness (QED) is 0.711. The number of tetrazole rings is 1. The molecule has 3 aromatic rings. The van der Waals surface area contributed by atoms with E-state index in [2.05, 4.69) is 25.8 Å². The zero-order valence-electron chi connectivity index (χ0n) is 14.0. The predicted octanol–water partition coefficient (Wildman–Crippen LogP) is 1.44. The first-order chi connectivity index (χ1) is 12.1. The van der Waals surface area contributed by atoms with Crippen molar-refractivity contribution in [3.63, 3.8) is 0 Å². The second-order valence-corrected chi connectivity index (χ2v) is 6.40. The smallest absolute Gasteiger partial charge is 0.275 e. The second kappa shape index (κ2) is 7.36. The standard InChI is InChI=1S/C15H17N7O2S/c1-21(2)7-14-17-12(8-25-14)15(23)18-11-5-4-10(6-13(11)24-3)22-9-16-19-20-22/h4-6,8-9H,7H2,1-3H3,(H,18,23). The lowest BCUT2D eigenvalue weighted by Crippen LogP contribution is -2.14. The number of nitrogens with one attached hydrogen (secondary N) is 1. The van der Waals surface area contributed by atoms with E-state index in [-0.39, 0.29) is 5.91 Å². The zero-order chi connectivity index (χ0) is 17.8. The number of rotatable bonds is 6. The van der Waals surface area contributed by atoms with Gasteiger partial charge in [0, 0.05) is 18.0 Å². The molecule has 0 atom stereocenters. The Kier molecular flexibility index (Phi) is 5.00. The summed E-state index contributed by atoms with van der Waals surface area (Å²) in [6.07, 6.45) is 1.48. The molecule has 0 saturated carbocycles. The summed E-state index contributed by atoms with van der Waals surface area (Å²) in [7, 11) is 5.45. The molecular formula is C15H17N7O2S. The van der Waals surface area contributed by atoms with Gasteiger partial charge < -0.3 is 15.0 Å². The molecule has 0 unspecified atom stereocenters. The molecule has 0 saturated heterocycles. The number of methoxy groups -OCH3 is 1. The molecule has 2 aromatic heterocycles. The summed E-state index contributed by atoms with van der Waals surface area (Å²) < 4.78 is 6.86. The molecule has 2 heterocycles. The van der Waals surface area contributed by atoms with E-state index in [1.54, 1.807) is 23.6 Å². The Labute approximate surface area is 148 Å². The fourth-order valence-corrected chi connectivity index (χ4v) is 3.04. The number of benzene rings is 1. The summed E-state index contributed by atoms with van der Waals surface area (Å²) in [5, 5.41) is 16.5. The molecule has 0 aliphatic rings. The highest BCUT2D eigenvalue weighted by Crippen LogP contribution is 2.27. The maximum Gasteiger partial charge on any atom is 0.275 e. The number of amides is 1. The van der Waals surface area contributed by atoms with Gasteiger partial charge in [0.25, 0.3) is 5.91 Å². The number of hydrogen-bond donors (Lipinski definition) is 1. The third kappa shape index (κ3) is 3.98. The molecule has 130 valence electrons. The van der Waals surface area contributed by atoms with Crippen molar-refractivity contribution >= 4 is 22.9 Å². The molecule has 1 N–H and O–H groups in total. The predicted molar refractivity (Wildman–Crippen MR) is 93.2 cm³/mol. The van der Waals surface area contributed by atoms with Crippen LogP contribution >= 0.6 is 11.3 Å². The number of carbonyl (C=O) groups excluding carboxylic acids is 1. The van der Waals surface area contributed by atoms with Crippen LogP contribution in [-0.2, 0) is 6.54 Å². The van der Waals surface area contributed by atoms with Crippen LogP contribution in [0.5, 0.6) is 5.75 Å². The maximum atomic E-state index is 12.4. The molecular weight excluding hydrogens is 342 g/mol. The number of carbonyl (C=O) groups is 1. The number of aromatic nitrogens is 5. The Morgan fingerprint density at radius 1 is 1.40 bits per heavy atom. The monoisotopic (exact) mass is 359 g/mol. The highest BCUT2D eigenvalue weighted by molar-refractivity contribution is 7.09. The van der Waals surface area contributed by atoms with Crippen LogP contribution in [0.2, 0.25) is 0 Å². The van der Waals surface area contributed by atoms with Gasteiger partial charge in [-0.3, -0.25) is 4.79 Å². The topological polar surface area (TPSA) is 98.1 Å². The molecule has 0 spiro atoms. The van der Waals surface area contributed by atoms with Gasteiger partial charge in [-0.1, -0.05) is 0 Å². The van der Waals surface area contributed by atoms with Crippen molar-refractivity contribution in [2.24, 2.45) is 0 Å². The average molecular weight is 359 g/mol. The molecule has 1 amide bonds. The summed E-state index contributed by atoms with van der Waals surface area (Å²) in [4.78, 5) is 18.8. The molecule has 9 nitrogen and oxygen atoms in total. The summed E-state index contributed by atoms with van der Waals surface area (Å²) in [6, 6.07) is 5.26. The minimum Gasteiger partial charge on any atom is -0.494 e.